The second-order valence-electron chi connectivity index (χ2n) is 4.38. The maximum Gasteiger partial charge on any atom is 0.373 e. The first kappa shape index (κ1) is 15.5. The van der Waals surface area contributed by atoms with Crippen LogP contribution < -0.4 is 5.32 Å². The van der Waals surface area contributed by atoms with Crippen molar-refractivity contribution in [1.82, 2.24) is 5.32 Å². The normalized spacial score (nSPS) is 12.2. The van der Waals surface area contributed by atoms with Crippen molar-refractivity contribution < 1.29 is 18.7 Å². The van der Waals surface area contributed by atoms with E-state index in [2.05, 4.69) is 16.6 Å². The Morgan fingerprint density at radius 1 is 1.53 bits per heavy atom. The van der Waals surface area contributed by atoms with E-state index >= 15 is 0 Å². The first-order valence-electron chi connectivity index (χ1n) is 6.18. The zero-order chi connectivity index (χ0) is 14.3. The van der Waals surface area contributed by atoms with E-state index in [0.717, 1.165) is 5.57 Å². The zero-order valence-electron chi connectivity index (χ0n) is 11.7. The molecule has 0 radical (unpaired) electrons. The number of carbonyl (C=O) groups excluding carboxylic acids is 1. The quantitative estimate of drug-likeness (QED) is 0.445. The molecule has 0 fully saturated rings. The SMILES string of the molecule is C=C(C)COCCNC(C)c1ccc(C(=O)OC)o1. The van der Waals surface area contributed by atoms with Gasteiger partial charge in [0.25, 0.3) is 0 Å². The smallest absolute Gasteiger partial charge is 0.373 e. The van der Waals surface area contributed by atoms with Crippen LogP contribution in [0.5, 0.6) is 0 Å². The molecule has 0 aliphatic carbocycles. The molecule has 0 saturated carbocycles. The Balaban J connectivity index is 2.33. The van der Waals surface area contributed by atoms with E-state index in [-0.39, 0.29) is 11.8 Å². The van der Waals surface area contributed by atoms with Gasteiger partial charge in [-0.1, -0.05) is 12.2 Å². The largest absolute Gasteiger partial charge is 0.463 e. The Labute approximate surface area is 113 Å². The molecule has 5 nitrogen and oxygen atoms in total. The van der Waals surface area contributed by atoms with Crippen LogP contribution in [-0.2, 0) is 9.47 Å². The molecular weight excluding hydrogens is 246 g/mol. The Morgan fingerprint density at radius 3 is 2.89 bits per heavy atom. The first-order valence-corrected chi connectivity index (χ1v) is 6.18. The van der Waals surface area contributed by atoms with E-state index < -0.39 is 5.97 Å². The highest BCUT2D eigenvalue weighted by Gasteiger charge is 2.14. The van der Waals surface area contributed by atoms with Crippen LogP contribution in [0.1, 0.15) is 36.2 Å². The number of hydrogen-bond donors (Lipinski definition) is 1. The summed E-state index contributed by atoms with van der Waals surface area (Å²) in [7, 11) is 1.32. The molecule has 5 heteroatoms. The van der Waals surface area contributed by atoms with Gasteiger partial charge < -0.3 is 19.2 Å². The van der Waals surface area contributed by atoms with E-state index in [9.17, 15) is 4.79 Å². The molecule has 19 heavy (non-hydrogen) atoms. The summed E-state index contributed by atoms with van der Waals surface area (Å²) in [5, 5.41) is 3.24. The summed E-state index contributed by atoms with van der Waals surface area (Å²) in [5.74, 6) is 0.438. The van der Waals surface area contributed by atoms with Gasteiger partial charge in [0.15, 0.2) is 0 Å². The first-order chi connectivity index (χ1) is 9.04. The van der Waals surface area contributed by atoms with Gasteiger partial charge >= 0.3 is 5.97 Å². The Hall–Kier alpha value is -1.59. The third-order valence-corrected chi connectivity index (χ3v) is 2.49. The third kappa shape index (κ3) is 5.28. The van der Waals surface area contributed by atoms with Gasteiger partial charge in [0, 0.05) is 6.54 Å². The van der Waals surface area contributed by atoms with E-state index in [1.807, 2.05) is 13.8 Å². The lowest BCUT2D eigenvalue weighted by Gasteiger charge is -2.11. The number of esters is 1. The van der Waals surface area contributed by atoms with Crippen LogP contribution in [0.25, 0.3) is 0 Å². The predicted molar refractivity (Wildman–Crippen MR) is 72.1 cm³/mol. The zero-order valence-corrected chi connectivity index (χ0v) is 11.7. The van der Waals surface area contributed by atoms with E-state index in [0.29, 0.717) is 25.5 Å². The number of methoxy groups -OCH3 is 1. The summed E-state index contributed by atoms with van der Waals surface area (Å²) in [6.07, 6.45) is 0. The van der Waals surface area contributed by atoms with Crippen LogP contribution in [0, 0.1) is 0 Å². The molecule has 0 spiro atoms. The van der Waals surface area contributed by atoms with Crippen molar-refractivity contribution in [2.75, 3.05) is 26.9 Å². The van der Waals surface area contributed by atoms with Gasteiger partial charge in [-0.3, -0.25) is 0 Å². The molecule has 1 rings (SSSR count). The number of rotatable bonds is 8. The molecule has 0 amide bonds. The van der Waals surface area contributed by atoms with E-state index in [1.54, 1.807) is 12.1 Å². The molecule has 0 saturated heterocycles. The van der Waals surface area contributed by atoms with Crippen LogP contribution in [-0.4, -0.2) is 32.8 Å². The number of ether oxygens (including phenoxy) is 2. The van der Waals surface area contributed by atoms with Crippen molar-refractivity contribution in [3.63, 3.8) is 0 Å². The minimum atomic E-state index is -0.469. The number of carbonyl (C=O) groups is 1. The summed E-state index contributed by atoms with van der Waals surface area (Å²) in [5.41, 5.74) is 1.00. The maximum atomic E-state index is 11.2. The van der Waals surface area contributed by atoms with Crippen LogP contribution in [0.3, 0.4) is 0 Å². The van der Waals surface area contributed by atoms with Crippen molar-refractivity contribution >= 4 is 5.97 Å². The molecule has 0 aliphatic rings. The van der Waals surface area contributed by atoms with Gasteiger partial charge in [0.05, 0.1) is 26.4 Å². The highest BCUT2D eigenvalue weighted by molar-refractivity contribution is 5.86. The lowest BCUT2D eigenvalue weighted by Crippen LogP contribution is -2.23. The summed E-state index contributed by atoms with van der Waals surface area (Å²) >= 11 is 0. The highest BCUT2D eigenvalue weighted by atomic mass is 16.5. The van der Waals surface area contributed by atoms with Crippen molar-refractivity contribution in [3.05, 3.63) is 35.8 Å². The summed E-state index contributed by atoms with van der Waals surface area (Å²) in [6.45, 7) is 9.51. The molecule has 1 unspecified atom stereocenters. The third-order valence-electron chi connectivity index (χ3n) is 2.49. The van der Waals surface area contributed by atoms with Gasteiger partial charge in [-0.15, -0.1) is 0 Å². The van der Waals surface area contributed by atoms with E-state index in [1.165, 1.54) is 7.11 Å². The summed E-state index contributed by atoms with van der Waals surface area (Å²) < 4.78 is 15.4. The maximum absolute atomic E-state index is 11.2. The topological polar surface area (TPSA) is 60.7 Å². The average Bonchev–Trinajstić information content (AvgIpc) is 2.86. The fourth-order valence-corrected chi connectivity index (χ4v) is 1.49. The molecule has 1 aromatic heterocycles. The minimum Gasteiger partial charge on any atom is -0.463 e. The second-order valence-corrected chi connectivity index (χ2v) is 4.38. The standard InChI is InChI=1S/C14H21NO4/c1-10(2)9-18-8-7-15-11(3)12-5-6-13(19-12)14(16)17-4/h5-6,11,15H,1,7-9H2,2-4H3. The number of nitrogens with one attached hydrogen (secondary N) is 1. The molecule has 0 aliphatic heterocycles. The lowest BCUT2D eigenvalue weighted by atomic mass is 10.2. The van der Waals surface area contributed by atoms with Gasteiger partial charge in [-0.2, -0.15) is 0 Å². The van der Waals surface area contributed by atoms with Crippen LogP contribution in [0.15, 0.2) is 28.7 Å². The minimum absolute atomic E-state index is 0.00633. The highest BCUT2D eigenvalue weighted by Crippen LogP contribution is 2.16. The summed E-state index contributed by atoms with van der Waals surface area (Å²) in [4.78, 5) is 11.2. The molecule has 0 aromatic carbocycles. The van der Waals surface area contributed by atoms with Crippen molar-refractivity contribution in [2.24, 2.45) is 0 Å². The monoisotopic (exact) mass is 267 g/mol. The molecule has 1 atom stereocenters. The average molecular weight is 267 g/mol. The van der Waals surface area contributed by atoms with Gasteiger partial charge in [0.2, 0.25) is 5.76 Å². The van der Waals surface area contributed by atoms with Gasteiger partial charge in [-0.05, 0) is 26.0 Å². The molecular formula is C14H21NO4. The second kappa shape index (κ2) is 7.76. The van der Waals surface area contributed by atoms with Crippen LogP contribution >= 0.6 is 0 Å². The number of furan rings is 1. The molecule has 0 bridgehead atoms. The fraction of sp³-hybridized carbons (Fsp3) is 0.500. The van der Waals surface area contributed by atoms with Gasteiger partial charge in [-0.25, -0.2) is 4.79 Å². The Kier molecular flexibility index (Phi) is 6.32. The Bertz CT molecular complexity index is 425. The number of hydrogen-bond acceptors (Lipinski definition) is 5. The van der Waals surface area contributed by atoms with Crippen molar-refractivity contribution in [1.29, 1.82) is 0 Å². The molecule has 1 N–H and O–H groups in total. The fourth-order valence-electron chi connectivity index (χ4n) is 1.49. The molecule has 106 valence electrons. The molecule has 1 heterocycles. The molecule has 1 aromatic rings. The lowest BCUT2D eigenvalue weighted by molar-refractivity contribution is 0.0562. The van der Waals surface area contributed by atoms with Crippen LogP contribution in [0.2, 0.25) is 0 Å². The van der Waals surface area contributed by atoms with Crippen molar-refractivity contribution in [3.8, 4) is 0 Å². The predicted octanol–water partition coefficient (Wildman–Crippen LogP) is 2.31. The van der Waals surface area contributed by atoms with Crippen LogP contribution in [0.4, 0.5) is 0 Å². The van der Waals surface area contributed by atoms with Gasteiger partial charge in [0.1, 0.15) is 5.76 Å². The Morgan fingerprint density at radius 2 is 2.26 bits per heavy atom. The summed E-state index contributed by atoms with van der Waals surface area (Å²) in [6, 6.07) is 3.38. The van der Waals surface area contributed by atoms with Crippen molar-refractivity contribution in [2.45, 2.75) is 19.9 Å². The van der Waals surface area contributed by atoms with E-state index in [4.69, 9.17) is 9.15 Å².